The van der Waals surface area contributed by atoms with Crippen molar-refractivity contribution >= 4 is 5.91 Å². The highest BCUT2D eigenvalue weighted by atomic mass is 16.1. The van der Waals surface area contributed by atoms with Gasteiger partial charge < -0.3 is 11.1 Å². The minimum absolute atomic E-state index is 0.0472. The SMILES string of the molecule is CN(Cc1ccccc1CNC(=O)c1ccc(CN)cc1)C1CCCCC1. The fourth-order valence-corrected chi connectivity index (χ4v) is 3.87. The van der Waals surface area contributed by atoms with Gasteiger partial charge in [0.05, 0.1) is 0 Å². The average molecular weight is 366 g/mol. The molecule has 1 aliphatic rings. The second-order valence-corrected chi connectivity index (χ2v) is 7.56. The zero-order valence-corrected chi connectivity index (χ0v) is 16.3. The number of nitrogens with one attached hydrogen (secondary N) is 1. The van der Waals surface area contributed by atoms with Gasteiger partial charge in [0.25, 0.3) is 5.91 Å². The first-order valence-electron chi connectivity index (χ1n) is 10.0. The van der Waals surface area contributed by atoms with Gasteiger partial charge in [-0.3, -0.25) is 9.69 Å². The Morgan fingerprint density at radius 2 is 1.70 bits per heavy atom. The van der Waals surface area contributed by atoms with E-state index in [1.54, 1.807) is 0 Å². The predicted octanol–water partition coefficient (Wildman–Crippen LogP) is 3.84. The van der Waals surface area contributed by atoms with Gasteiger partial charge in [0, 0.05) is 31.2 Å². The van der Waals surface area contributed by atoms with Crippen molar-refractivity contribution in [3.05, 3.63) is 70.8 Å². The lowest BCUT2D eigenvalue weighted by atomic mass is 9.94. The van der Waals surface area contributed by atoms with Crippen LogP contribution in [-0.2, 0) is 19.6 Å². The Bertz CT molecular complexity index is 736. The molecule has 3 rings (SSSR count). The molecule has 0 saturated heterocycles. The van der Waals surface area contributed by atoms with Gasteiger partial charge in [-0.25, -0.2) is 0 Å². The monoisotopic (exact) mass is 365 g/mol. The van der Waals surface area contributed by atoms with Crippen LogP contribution in [0.1, 0.15) is 59.2 Å². The van der Waals surface area contributed by atoms with Gasteiger partial charge in [0.2, 0.25) is 0 Å². The summed E-state index contributed by atoms with van der Waals surface area (Å²) in [6.45, 7) is 1.97. The van der Waals surface area contributed by atoms with Gasteiger partial charge in [-0.1, -0.05) is 55.7 Å². The van der Waals surface area contributed by atoms with Crippen LogP contribution in [-0.4, -0.2) is 23.9 Å². The fourth-order valence-electron chi connectivity index (χ4n) is 3.87. The summed E-state index contributed by atoms with van der Waals surface area (Å²) in [6.07, 6.45) is 6.66. The lowest BCUT2D eigenvalue weighted by Gasteiger charge is -2.31. The van der Waals surface area contributed by atoms with Crippen LogP contribution in [0.5, 0.6) is 0 Å². The lowest BCUT2D eigenvalue weighted by Crippen LogP contribution is -2.33. The van der Waals surface area contributed by atoms with Crippen LogP contribution in [0.2, 0.25) is 0 Å². The minimum Gasteiger partial charge on any atom is -0.348 e. The normalized spacial score (nSPS) is 15.1. The Kier molecular flexibility index (Phi) is 7.02. The van der Waals surface area contributed by atoms with E-state index in [2.05, 4.69) is 35.5 Å². The van der Waals surface area contributed by atoms with Gasteiger partial charge in [0.15, 0.2) is 0 Å². The Labute approximate surface area is 162 Å². The average Bonchev–Trinajstić information content (AvgIpc) is 2.73. The molecule has 2 aromatic carbocycles. The van der Waals surface area contributed by atoms with Gasteiger partial charge in [-0.2, -0.15) is 0 Å². The molecule has 0 unspecified atom stereocenters. The first-order valence-corrected chi connectivity index (χ1v) is 10.0. The van der Waals surface area contributed by atoms with E-state index in [1.165, 1.54) is 43.2 Å². The quantitative estimate of drug-likeness (QED) is 0.784. The van der Waals surface area contributed by atoms with Crippen LogP contribution in [0.15, 0.2) is 48.5 Å². The number of carbonyl (C=O) groups excluding carboxylic acids is 1. The highest BCUT2D eigenvalue weighted by Gasteiger charge is 2.18. The number of hydrogen-bond acceptors (Lipinski definition) is 3. The standard InChI is InChI=1S/C23H31N3O/c1-26(22-9-3-2-4-10-22)17-21-8-6-5-7-20(21)16-25-23(27)19-13-11-18(15-24)12-14-19/h5-8,11-14,22H,2-4,9-10,15-17,24H2,1H3,(H,25,27). The molecule has 1 amide bonds. The zero-order chi connectivity index (χ0) is 19.1. The van der Waals surface area contributed by atoms with E-state index >= 15 is 0 Å². The van der Waals surface area contributed by atoms with E-state index in [0.29, 0.717) is 24.7 Å². The molecule has 4 heteroatoms. The van der Waals surface area contributed by atoms with E-state index in [1.807, 2.05) is 30.3 Å². The Morgan fingerprint density at radius 1 is 1.04 bits per heavy atom. The molecule has 0 atom stereocenters. The second-order valence-electron chi connectivity index (χ2n) is 7.56. The molecule has 0 radical (unpaired) electrons. The van der Waals surface area contributed by atoms with Gasteiger partial charge in [0.1, 0.15) is 0 Å². The first kappa shape index (κ1) is 19.6. The molecule has 1 saturated carbocycles. The molecule has 2 aromatic rings. The Hall–Kier alpha value is -2.17. The van der Waals surface area contributed by atoms with Crippen molar-refractivity contribution in [2.75, 3.05) is 7.05 Å². The molecule has 1 aliphatic carbocycles. The van der Waals surface area contributed by atoms with E-state index in [-0.39, 0.29) is 5.91 Å². The van der Waals surface area contributed by atoms with Crippen molar-refractivity contribution in [2.45, 2.75) is 57.8 Å². The van der Waals surface area contributed by atoms with Gasteiger partial charge in [-0.05, 0) is 48.7 Å². The van der Waals surface area contributed by atoms with Crippen LogP contribution in [0.25, 0.3) is 0 Å². The highest BCUT2D eigenvalue weighted by Crippen LogP contribution is 2.23. The fraction of sp³-hybridized carbons (Fsp3) is 0.435. The molecule has 0 aromatic heterocycles. The van der Waals surface area contributed by atoms with E-state index in [4.69, 9.17) is 5.73 Å². The third-order valence-electron chi connectivity index (χ3n) is 5.63. The molecule has 0 spiro atoms. The van der Waals surface area contributed by atoms with Crippen LogP contribution < -0.4 is 11.1 Å². The summed E-state index contributed by atoms with van der Waals surface area (Å²) in [6, 6.07) is 16.6. The van der Waals surface area contributed by atoms with Crippen LogP contribution in [0.3, 0.4) is 0 Å². The number of benzene rings is 2. The number of nitrogens with zero attached hydrogens (tertiary/aromatic N) is 1. The molecule has 4 nitrogen and oxygen atoms in total. The summed E-state index contributed by atoms with van der Waals surface area (Å²) >= 11 is 0. The molecule has 27 heavy (non-hydrogen) atoms. The number of rotatable bonds is 7. The van der Waals surface area contributed by atoms with Gasteiger partial charge >= 0.3 is 0 Å². The maximum Gasteiger partial charge on any atom is 0.251 e. The summed E-state index contributed by atoms with van der Waals surface area (Å²) in [5.74, 6) is -0.0472. The van der Waals surface area contributed by atoms with Gasteiger partial charge in [-0.15, -0.1) is 0 Å². The minimum atomic E-state index is -0.0472. The van der Waals surface area contributed by atoms with E-state index in [0.717, 1.165) is 12.1 Å². The van der Waals surface area contributed by atoms with Crippen LogP contribution >= 0.6 is 0 Å². The molecule has 0 heterocycles. The third-order valence-corrected chi connectivity index (χ3v) is 5.63. The molecule has 0 bridgehead atoms. The van der Waals surface area contributed by atoms with Crippen LogP contribution in [0.4, 0.5) is 0 Å². The Balaban J connectivity index is 1.60. The zero-order valence-electron chi connectivity index (χ0n) is 16.3. The summed E-state index contributed by atoms with van der Waals surface area (Å²) < 4.78 is 0. The molecule has 144 valence electrons. The maximum absolute atomic E-state index is 12.4. The molecule has 3 N–H and O–H groups in total. The van der Waals surface area contributed by atoms with Crippen molar-refractivity contribution in [1.29, 1.82) is 0 Å². The molecule has 0 aliphatic heterocycles. The van der Waals surface area contributed by atoms with E-state index in [9.17, 15) is 4.79 Å². The van der Waals surface area contributed by atoms with Crippen molar-refractivity contribution in [3.8, 4) is 0 Å². The maximum atomic E-state index is 12.4. The van der Waals surface area contributed by atoms with Crippen molar-refractivity contribution in [2.24, 2.45) is 5.73 Å². The molecular weight excluding hydrogens is 334 g/mol. The number of nitrogens with two attached hydrogens (primary N) is 1. The lowest BCUT2D eigenvalue weighted by molar-refractivity contribution is 0.0950. The summed E-state index contributed by atoms with van der Waals surface area (Å²) in [5.41, 5.74) is 9.80. The summed E-state index contributed by atoms with van der Waals surface area (Å²) in [4.78, 5) is 14.9. The van der Waals surface area contributed by atoms with Crippen LogP contribution in [0, 0.1) is 0 Å². The number of amides is 1. The smallest absolute Gasteiger partial charge is 0.251 e. The summed E-state index contributed by atoms with van der Waals surface area (Å²) in [5, 5.41) is 3.06. The second kappa shape index (κ2) is 9.67. The third kappa shape index (κ3) is 5.41. The number of hydrogen-bond donors (Lipinski definition) is 2. The largest absolute Gasteiger partial charge is 0.348 e. The topological polar surface area (TPSA) is 58.4 Å². The highest BCUT2D eigenvalue weighted by molar-refractivity contribution is 5.94. The molecular formula is C23H31N3O. The summed E-state index contributed by atoms with van der Waals surface area (Å²) in [7, 11) is 2.23. The van der Waals surface area contributed by atoms with Crippen molar-refractivity contribution < 1.29 is 4.79 Å². The first-order chi connectivity index (χ1) is 13.2. The molecule has 1 fully saturated rings. The number of carbonyl (C=O) groups is 1. The van der Waals surface area contributed by atoms with Crippen molar-refractivity contribution in [1.82, 2.24) is 10.2 Å². The predicted molar refractivity (Wildman–Crippen MR) is 110 cm³/mol. The Morgan fingerprint density at radius 3 is 2.37 bits per heavy atom. The van der Waals surface area contributed by atoms with Crippen molar-refractivity contribution in [3.63, 3.8) is 0 Å². The van der Waals surface area contributed by atoms with E-state index < -0.39 is 0 Å².